The van der Waals surface area contributed by atoms with E-state index in [0.717, 1.165) is 0 Å². The molecule has 1 aliphatic rings. The Morgan fingerprint density at radius 1 is 1.04 bits per heavy atom. The molecule has 10 heteroatoms. The predicted molar refractivity (Wildman–Crippen MR) is 94.2 cm³/mol. The monoisotopic (exact) mass is 379 g/mol. The van der Waals surface area contributed by atoms with Crippen molar-refractivity contribution in [1.82, 2.24) is 4.72 Å². The van der Waals surface area contributed by atoms with E-state index in [-0.39, 0.29) is 23.7 Å². The average molecular weight is 379 g/mol. The molecule has 1 heterocycles. The zero-order valence-electron chi connectivity index (χ0n) is 13.7. The van der Waals surface area contributed by atoms with Crippen molar-refractivity contribution in [3.05, 3.63) is 52.6 Å². The molecule has 0 spiro atoms. The Labute approximate surface area is 150 Å². The number of ether oxygens (including phenoxy) is 2. The minimum Gasteiger partial charge on any atom is -0.486 e. The van der Waals surface area contributed by atoms with E-state index in [0.29, 0.717) is 30.4 Å². The van der Waals surface area contributed by atoms with Crippen LogP contribution in [0, 0.1) is 10.1 Å². The Balaban J connectivity index is 1.60. The van der Waals surface area contributed by atoms with Crippen molar-refractivity contribution in [3.63, 3.8) is 0 Å². The minimum atomic E-state index is -3.73. The fourth-order valence-corrected chi connectivity index (χ4v) is 3.49. The fraction of sp³-hybridized carbons (Fsp3) is 0.250. The molecule has 138 valence electrons. The molecule has 0 atom stereocenters. The molecule has 0 amide bonds. The lowest BCUT2D eigenvalue weighted by Gasteiger charge is -2.19. The van der Waals surface area contributed by atoms with Crippen molar-refractivity contribution < 1.29 is 22.8 Å². The fourth-order valence-electron chi connectivity index (χ4n) is 2.44. The molecule has 3 rings (SSSR count). The lowest BCUT2D eigenvalue weighted by molar-refractivity contribution is -0.384. The molecular formula is C16H17N3O6S. The average Bonchev–Trinajstić information content (AvgIpc) is 2.65. The molecule has 0 unspecified atom stereocenters. The van der Waals surface area contributed by atoms with Crippen LogP contribution in [0.15, 0.2) is 47.4 Å². The summed E-state index contributed by atoms with van der Waals surface area (Å²) in [5, 5.41) is 13.8. The maximum Gasteiger partial charge on any atom is 0.292 e. The van der Waals surface area contributed by atoms with Gasteiger partial charge in [-0.15, -0.1) is 0 Å². The van der Waals surface area contributed by atoms with Crippen LogP contribution in [0.4, 0.5) is 11.4 Å². The van der Waals surface area contributed by atoms with E-state index in [2.05, 4.69) is 10.0 Å². The van der Waals surface area contributed by atoms with Gasteiger partial charge in [-0.05, 0) is 18.2 Å². The number of nitro benzene ring substituents is 1. The topological polar surface area (TPSA) is 120 Å². The molecule has 2 aromatic carbocycles. The number of nitrogens with zero attached hydrogens (tertiary/aromatic N) is 1. The summed E-state index contributed by atoms with van der Waals surface area (Å²) >= 11 is 0. The smallest absolute Gasteiger partial charge is 0.292 e. The highest BCUT2D eigenvalue weighted by atomic mass is 32.2. The highest BCUT2D eigenvalue weighted by Crippen LogP contribution is 2.32. The van der Waals surface area contributed by atoms with E-state index in [9.17, 15) is 18.5 Å². The number of nitrogens with one attached hydrogen (secondary N) is 2. The Kier molecular flexibility index (Phi) is 5.24. The van der Waals surface area contributed by atoms with Gasteiger partial charge < -0.3 is 14.8 Å². The zero-order valence-corrected chi connectivity index (χ0v) is 14.5. The number of sulfonamides is 1. The summed E-state index contributed by atoms with van der Waals surface area (Å²) < 4.78 is 37.9. The summed E-state index contributed by atoms with van der Waals surface area (Å²) in [6.45, 7) is 1.04. The minimum absolute atomic E-state index is 0.0584. The molecule has 2 aromatic rings. The number of benzene rings is 2. The largest absolute Gasteiger partial charge is 0.486 e. The van der Waals surface area contributed by atoms with E-state index < -0.39 is 14.9 Å². The van der Waals surface area contributed by atoms with Gasteiger partial charge in [0.25, 0.3) is 5.69 Å². The van der Waals surface area contributed by atoms with E-state index in [1.807, 2.05) is 0 Å². The van der Waals surface area contributed by atoms with Crippen LogP contribution in [0.1, 0.15) is 0 Å². The number of rotatable bonds is 7. The van der Waals surface area contributed by atoms with Crippen molar-refractivity contribution in [2.24, 2.45) is 0 Å². The molecule has 0 radical (unpaired) electrons. The first-order valence-electron chi connectivity index (χ1n) is 7.84. The maximum absolute atomic E-state index is 12.4. The highest BCUT2D eigenvalue weighted by Gasteiger charge is 2.19. The van der Waals surface area contributed by atoms with Crippen LogP contribution in [0.25, 0.3) is 0 Å². The SMILES string of the molecule is O=[N+]([O-])c1ccccc1NCCNS(=O)(=O)c1ccc2c(c1)OCCO2. The van der Waals surface area contributed by atoms with E-state index in [1.165, 1.54) is 18.2 Å². The number of nitro groups is 1. The van der Waals surface area contributed by atoms with Crippen LogP contribution in [-0.2, 0) is 10.0 Å². The molecule has 9 nitrogen and oxygen atoms in total. The van der Waals surface area contributed by atoms with Gasteiger partial charge in [0, 0.05) is 25.2 Å². The van der Waals surface area contributed by atoms with Gasteiger partial charge in [0.1, 0.15) is 18.9 Å². The summed E-state index contributed by atoms with van der Waals surface area (Å²) in [5.41, 5.74) is 0.262. The van der Waals surface area contributed by atoms with Crippen LogP contribution in [0.5, 0.6) is 11.5 Å². The molecule has 26 heavy (non-hydrogen) atoms. The molecule has 0 bridgehead atoms. The summed E-state index contributed by atoms with van der Waals surface area (Å²) in [6.07, 6.45) is 0. The Hall–Kier alpha value is -2.85. The quantitative estimate of drug-likeness (QED) is 0.427. The predicted octanol–water partition coefficient (Wildman–Crippen LogP) is 1.76. The summed E-state index contributed by atoms with van der Waals surface area (Å²) in [4.78, 5) is 10.5. The van der Waals surface area contributed by atoms with E-state index in [4.69, 9.17) is 9.47 Å². The van der Waals surface area contributed by atoms with E-state index in [1.54, 1.807) is 24.3 Å². The Morgan fingerprint density at radius 2 is 1.77 bits per heavy atom. The maximum atomic E-state index is 12.4. The third kappa shape index (κ3) is 4.03. The second kappa shape index (κ2) is 7.58. The lowest BCUT2D eigenvalue weighted by Crippen LogP contribution is -2.29. The summed E-state index contributed by atoms with van der Waals surface area (Å²) in [5.74, 6) is 0.894. The number of para-hydroxylation sites is 2. The number of hydrogen-bond acceptors (Lipinski definition) is 7. The molecule has 0 saturated heterocycles. The van der Waals surface area contributed by atoms with Crippen LogP contribution in [0.2, 0.25) is 0 Å². The third-order valence-corrected chi connectivity index (χ3v) is 5.12. The van der Waals surface area contributed by atoms with Gasteiger partial charge in [0.05, 0.1) is 9.82 Å². The van der Waals surface area contributed by atoms with Crippen molar-refractivity contribution >= 4 is 21.4 Å². The Morgan fingerprint density at radius 3 is 2.54 bits per heavy atom. The van der Waals surface area contributed by atoms with Gasteiger partial charge >= 0.3 is 0 Å². The lowest BCUT2D eigenvalue weighted by atomic mass is 10.2. The van der Waals surface area contributed by atoms with Crippen LogP contribution >= 0.6 is 0 Å². The van der Waals surface area contributed by atoms with Crippen molar-refractivity contribution in [3.8, 4) is 11.5 Å². The van der Waals surface area contributed by atoms with Crippen molar-refractivity contribution in [2.75, 3.05) is 31.6 Å². The first kappa shape index (κ1) is 18.0. The van der Waals surface area contributed by atoms with Gasteiger partial charge in [-0.1, -0.05) is 12.1 Å². The van der Waals surface area contributed by atoms with Crippen LogP contribution < -0.4 is 19.5 Å². The number of fused-ring (bicyclic) bond motifs is 1. The van der Waals surface area contributed by atoms with Crippen LogP contribution in [-0.4, -0.2) is 39.6 Å². The molecule has 2 N–H and O–H groups in total. The number of anilines is 1. The summed E-state index contributed by atoms with van der Waals surface area (Å²) in [6, 6.07) is 10.6. The van der Waals surface area contributed by atoms with Gasteiger partial charge in [0.2, 0.25) is 10.0 Å². The zero-order chi connectivity index (χ0) is 18.6. The van der Waals surface area contributed by atoms with Crippen molar-refractivity contribution in [2.45, 2.75) is 4.90 Å². The van der Waals surface area contributed by atoms with Crippen LogP contribution in [0.3, 0.4) is 0 Å². The normalized spacial score (nSPS) is 13.2. The second-order valence-electron chi connectivity index (χ2n) is 5.40. The molecule has 0 aliphatic carbocycles. The Bertz CT molecular complexity index is 916. The van der Waals surface area contributed by atoms with Gasteiger partial charge in [-0.3, -0.25) is 10.1 Å². The van der Waals surface area contributed by atoms with Gasteiger partial charge in [-0.2, -0.15) is 0 Å². The third-order valence-electron chi connectivity index (χ3n) is 3.66. The first-order valence-corrected chi connectivity index (χ1v) is 9.32. The second-order valence-corrected chi connectivity index (χ2v) is 7.17. The van der Waals surface area contributed by atoms with E-state index >= 15 is 0 Å². The standard InChI is InChI=1S/C16H17N3O6S/c20-19(21)14-4-2-1-3-13(14)17-7-8-18-26(22,23)12-5-6-15-16(11-12)25-10-9-24-15/h1-6,11,17-18H,7-10H2. The highest BCUT2D eigenvalue weighted by molar-refractivity contribution is 7.89. The molecule has 1 aliphatic heterocycles. The molecule has 0 aromatic heterocycles. The molecule has 0 fully saturated rings. The van der Waals surface area contributed by atoms with Gasteiger partial charge in [-0.25, -0.2) is 13.1 Å². The van der Waals surface area contributed by atoms with Crippen molar-refractivity contribution in [1.29, 1.82) is 0 Å². The summed E-state index contributed by atoms with van der Waals surface area (Å²) in [7, 11) is -3.73. The first-order chi connectivity index (χ1) is 12.5. The molecular weight excluding hydrogens is 362 g/mol. The number of hydrogen-bond donors (Lipinski definition) is 2. The van der Waals surface area contributed by atoms with Gasteiger partial charge in [0.15, 0.2) is 11.5 Å². The molecule has 0 saturated carbocycles.